The molecular weight excluding hydrogens is 284 g/mol. The molecule has 4 heteroatoms. The number of hydrogen-bond acceptors (Lipinski definition) is 3. The van der Waals surface area contributed by atoms with Crippen molar-refractivity contribution in [3.63, 3.8) is 0 Å². The number of fused-ring (bicyclic) bond motifs is 4. The Morgan fingerprint density at radius 2 is 1.52 bits per heavy atom. The maximum Gasteiger partial charge on any atom is 0.182 e. The maximum absolute atomic E-state index is 4.74. The lowest BCUT2D eigenvalue weighted by molar-refractivity contribution is 0.930. The number of nitrogens with zero attached hydrogens (tertiary/aromatic N) is 4. The minimum atomic E-state index is 0.680. The summed E-state index contributed by atoms with van der Waals surface area (Å²) in [7, 11) is 0. The molecule has 2 aromatic carbocycles. The van der Waals surface area contributed by atoms with Gasteiger partial charge >= 0.3 is 0 Å². The minimum Gasteiger partial charge on any atom is -0.226 e. The third-order valence-corrected chi connectivity index (χ3v) is 4.02. The van der Waals surface area contributed by atoms with Gasteiger partial charge in [-0.1, -0.05) is 48.5 Å². The molecule has 2 aliphatic rings. The van der Waals surface area contributed by atoms with Gasteiger partial charge in [-0.25, -0.2) is 14.5 Å². The zero-order valence-electron chi connectivity index (χ0n) is 12.2. The van der Waals surface area contributed by atoms with E-state index < -0.39 is 0 Å². The van der Waals surface area contributed by atoms with Gasteiger partial charge in [-0.05, 0) is 24.3 Å². The van der Waals surface area contributed by atoms with E-state index in [4.69, 9.17) is 5.10 Å². The summed E-state index contributed by atoms with van der Waals surface area (Å²) in [6.07, 6.45) is 0. The Morgan fingerprint density at radius 1 is 0.696 bits per heavy atom. The molecule has 0 saturated heterocycles. The van der Waals surface area contributed by atoms with Crippen molar-refractivity contribution >= 4 is 16.6 Å². The normalized spacial score (nSPS) is 11.5. The van der Waals surface area contributed by atoms with E-state index in [0.29, 0.717) is 5.82 Å². The molecule has 0 amide bonds. The smallest absolute Gasteiger partial charge is 0.182 e. The first-order valence-electron chi connectivity index (χ1n) is 7.49. The summed E-state index contributed by atoms with van der Waals surface area (Å²) in [6, 6.07) is 24.3. The predicted molar refractivity (Wildman–Crippen MR) is 90.3 cm³/mol. The quantitative estimate of drug-likeness (QED) is 0.438. The van der Waals surface area contributed by atoms with Crippen LogP contribution in [0.4, 0.5) is 0 Å². The van der Waals surface area contributed by atoms with Gasteiger partial charge < -0.3 is 0 Å². The van der Waals surface area contributed by atoms with Crippen LogP contribution in [0.25, 0.3) is 39.3 Å². The second-order valence-corrected chi connectivity index (χ2v) is 5.49. The molecule has 0 atom stereocenters. The zero-order chi connectivity index (χ0) is 15.2. The topological polar surface area (TPSA) is 43.1 Å². The molecule has 4 nitrogen and oxygen atoms in total. The van der Waals surface area contributed by atoms with Gasteiger partial charge in [-0.2, -0.15) is 5.10 Å². The van der Waals surface area contributed by atoms with Gasteiger partial charge in [0.1, 0.15) is 5.69 Å². The lowest BCUT2D eigenvalue weighted by Crippen LogP contribution is -2.02. The Balaban J connectivity index is 1.82. The van der Waals surface area contributed by atoms with Crippen molar-refractivity contribution < 1.29 is 0 Å². The van der Waals surface area contributed by atoms with E-state index >= 15 is 0 Å². The SMILES string of the molecule is c1ccc(-c2cc3nn4c(ccc5ccccc54)nc-3n2)cc1. The van der Waals surface area contributed by atoms with Crippen molar-refractivity contribution in [2.45, 2.75) is 0 Å². The van der Waals surface area contributed by atoms with Gasteiger partial charge in [0, 0.05) is 10.9 Å². The molecule has 0 spiro atoms. The van der Waals surface area contributed by atoms with Crippen molar-refractivity contribution in [2.75, 3.05) is 0 Å². The molecule has 3 heterocycles. The lowest BCUT2D eigenvalue weighted by Gasteiger charge is -2.06. The van der Waals surface area contributed by atoms with Crippen molar-refractivity contribution in [1.82, 2.24) is 19.6 Å². The highest BCUT2D eigenvalue weighted by Crippen LogP contribution is 2.27. The summed E-state index contributed by atoms with van der Waals surface area (Å²) in [6.45, 7) is 0. The summed E-state index contributed by atoms with van der Waals surface area (Å²) in [5, 5.41) is 5.88. The Morgan fingerprint density at radius 3 is 2.43 bits per heavy atom. The van der Waals surface area contributed by atoms with Crippen LogP contribution in [0.15, 0.2) is 72.8 Å². The average molecular weight is 296 g/mol. The van der Waals surface area contributed by atoms with Crippen LogP contribution in [0.2, 0.25) is 0 Å². The van der Waals surface area contributed by atoms with Crippen molar-refractivity contribution in [3.05, 3.63) is 72.8 Å². The summed E-state index contributed by atoms with van der Waals surface area (Å²) < 4.78 is 1.88. The van der Waals surface area contributed by atoms with Gasteiger partial charge in [0.05, 0.1) is 11.2 Å². The third kappa shape index (κ3) is 1.89. The van der Waals surface area contributed by atoms with Crippen molar-refractivity contribution in [2.24, 2.45) is 0 Å². The summed E-state index contributed by atoms with van der Waals surface area (Å²) in [5.74, 6) is 0.680. The Bertz CT molecular complexity index is 1110. The molecule has 23 heavy (non-hydrogen) atoms. The molecule has 0 unspecified atom stereocenters. The molecule has 108 valence electrons. The number of para-hydroxylation sites is 1. The number of rotatable bonds is 1. The molecule has 0 radical (unpaired) electrons. The Labute approximate surface area is 132 Å². The highest BCUT2D eigenvalue weighted by Gasteiger charge is 2.15. The summed E-state index contributed by atoms with van der Waals surface area (Å²) >= 11 is 0. The maximum atomic E-state index is 4.74. The molecule has 3 aromatic rings. The van der Waals surface area contributed by atoms with Gasteiger partial charge in [-0.15, -0.1) is 0 Å². The van der Waals surface area contributed by atoms with E-state index in [0.717, 1.165) is 33.5 Å². The third-order valence-electron chi connectivity index (χ3n) is 4.02. The first-order chi connectivity index (χ1) is 11.4. The summed E-state index contributed by atoms with van der Waals surface area (Å²) in [4.78, 5) is 9.29. The van der Waals surface area contributed by atoms with Crippen LogP contribution in [0.1, 0.15) is 0 Å². The van der Waals surface area contributed by atoms with E-state index in [1.165, 1.54) is 0 Å². The second-order valence-electron chi connectivity index (χ2n) is 5.49. The van der Waals surface area contributed by atoms with Crippen molar-refractivity contribution in [1.29, 1.82) is 0 Å². The number of benzene rings is 2. The van der Waals surface area contributed by atoms with E-state index in [1.807, 2.05) is 59.1 Å². The molecule has 0 fully saturated rings. The molecule has 5 rings (SSSR count). The van der Waals surface area contributed by atoms with Crippen molar-refractivity contribution in [3.8, 4) is 22.8 Å². The summed E-state index contributed by atoms with van der Waals surface area (Å²) in [5.41, 5.74) is 4.63. The highest BCUT2D eigenvalue weighted by atomic mass is 15.3. The Kier molecular flexibility index (Phi) is 2.46. The number of aromatic nitrogens is 4. The molecule has 1 aromatic heterocycles. The zero-order valence-corrected chi connectivity index (χ0v) is 12.2. The van der Waals surface area contributed by atoms with Gasteiger partial charge in [-0.3, -0.25) is 0 Å². The average Bonchev–Trinajstić information content (AvgIpc) is 3.03. The largest absolute Gasteiger partial charge is 0.226 e. The molecule has 0 saturated carbocycles. The first-order valence-corrected chi connectivity index (χ1v) is 7.49. The minimum absolute atomic E-state index is 0.680. The van der Waals surface area contributed by atoms with Gasteiger partial charge in [0.15, 0.2) is 11.5 Å². The standard InChI is InChI=1S/C19H12N4/c1-2-6-13(7-3-1)15-12-16-19(20-15)21-18-11-10-14-8-4-5-9-17(14)23(18)22-16/h1-12H. The fourth-order valence-corrected chi connectivity index (χ4v) is 2.90. The van der Waals surface area contributed by atoms with Gasteiger partial charge in [0.25, 0.3) is 0 Å². The van der Waals surface area contributed by atoms with Gasteiger partial charge in [0.2, 0.25) is 0 Å². The fourth-order valence-electron chi connectivity index (χ4n) is 2.90. The van der Waals surface area contributed by atoms with E-state index in [2.05, 4.69) is 28.2 Å². The van der Waals surface area contributed by atoms with E-state index in [-0.39, 0.29) is 0 Å². The predicted octanol–water partition coefficient (Wildman–Crippen LogP) is 4.05. The number of pyridine rings is 1. The molecule has 0 N–H and O–H groups in total. The van der Waals surface area contributed by atoms with Crippen LogP contribution in [-0.2, 0) is 0 Å². The lowest BCUT2D eigenvalue weighted by atomic mass is 10.1. The van der Waals surface area contributed by atoms with Crippen LogP contribution in [0, 0.1) is 0 Å². The van der Waals surface area contributed by atoms with E-state index in [9.17, 15) is 0 Å². The van der Waals surface area contributed by atoms with E-state index in [1.54, 1.807) is 0 Å². The van der Waals surface area contributed by atoms with Crippen LogP contribution < -0.4 is 0 Å². The number of hydrogen-bond donors (Lipinski definition) is 0. The monoisotopic (exact) mass is 296 g/mol. The highest BCUT2D eigenvalue weighted by molar-refractivity contribution is 5.82. The molecule has 2 aliphatic heterocycles. The fraction of sp³-hybridized carbons (Fsp3) is 0. The van der Waals surface area contributed by atoms with Crippen LogP contribution in [-0.4, -0.2) is 19.6 Å². The molecule has 0 aliphatic carbocycles. The van der Waals surface area contributed by atoms with Crippen LogP contribution in [0.3, 0.4) is 0 Å². The van der Waals surface area contributed by atoms with Crippen LogP contribution in [0.5, 0.6) is 0 Å². The molecular formula is C19H12N4. The second kappa shape index (κ2) is 4.61. The van der Waals surface area contributed by atoms with Crippen LogP contribution >= 0.6 is 0 Å². The Hall–Kier alpha value is -3.27. The first kappa shape index (κ1) is 12.3. The molecule has 0 bridgehead atoms.